The zero-order valence-corrected chi connectivity index (χ0v) is 19.0. The first kappa shape index (κ1) is 29.4. The molecule has 192 valence electrons. The number of halogens is 5. The van der Waals surface area contributed by atoms with Gasteiger partial charge in [0.1, 0.15) is 0 Å². The normalized spacial score (nSPS) is 24.8. The van der Waals surface area contributed by atoms with Gasteiger partial charge in [0.25, 0.3) is 0 Å². The van der Waals surface area contributed by atoms with Gasteiger partial charge in [0, 0.05) is 0 Å². The molecule has 1 fully saturated rings. The molecule has 0 saturated carbocycles. The number of ether oxygens (including phenoxy) is 2. The van der Waals surface area contributed by atoms with Gasteiger partial charge in [-0.3, -0.25) is 0 Å². The van der Waals surface area contributed by atoms with E-state index >= 15 is 0 Å². The quantitative estimate of drug-likeness (QED) is 0.239. The van der Waals surface area contributed by atoms with E-state index in [2.05, 4.69) is 20.3 Å². The van der Waals surface area contributed by atoms with Crippen molar-refractivity contribution in [2.75, 3.05) is 7.11 Å². The number of amides is 2. The molecule has 1 aliphatic rings. The Balaban J connectivity index is 0.00000578. The van der Waals surface area contributed by atoms with Gasteiger partial charge in [-0.15, -0.1) is 0 Å². The van der Waals surface area contributed by atoms with Crippen LogP contribution in [0.4, 0.5) is 22.0 Å². The van der Waals surface area contributed by atoms with Crippen LogP contribution in [0.1, 0.15) is 25.3 Å². The van der Waals surface area contributed by atoms with Crippen LogP contribution in [-0.4, -0.2) is 46.8 Å². The Hall–Kier alpha value is -2.63. The number of carbonyl (C=O) groups excluding carboxylic acids is 2. The van der Waals surface area contributed by atoms with Gasteiger partial charge in [-0.2, -0.15) is 0 Å². The number of hydrogen-bond acceptors (Lipinski definition) is 4. The molecule has 1 heterocycles. The molecular formula is C21H22F5N2NiO5-. The number of primary amides is 1. The molecule has 2 rings (SSSR count). The van der Waals surface area contributed by atoms with Crippen molar-refractivity contribution in [3.8, 4) is 5.75 Å². The van der Waals surface area contributed by atoms with Gasteiger partial charge in [0.15, 0.2) is 0 Å². The van der Waals surface area contributed by atoms with Crippen LogP contribution >= 0.6 is 0 Å². The van der Waals surface area contributed by atoms with Crippen LogP contribution in [0.25, 0.3) is 0 Å². The third-order valence-corrected chi connectivity index (χ3v) is 5.90. The van der Waals surface area contributed by atoms with Crippen LogP contribution in [0.5, 0.6) is 5.75 Å². The molecule has 7 nitrogen and oxygen atoms in total. The summed E-state index contributed by atoms with van der Waals surface area (Å²) in [7, 11) is 1.01. The van der Waals surface area contributed by atoms with E-state index in [0.29, 0.717) is 6.07 Å². The fourth-order valence-corrected chi connectivity index (χ4v) is 3.73. The molecule has 34 heavy (non-hydrogen) atoms. The Labute approximate surface area is 199 Å². The number of hydrogen-bond donors (Lipinski definition) is 2. The van der Waals surface area contributed by atoms with Crippen LogP contribution < -0.4 is 15.8 Å². The Bertz CT molecular complexity index is 1030. The summed E-state index contributed by atoms with van der Waals surface area (Å²) in [5.41, 5.74) is 1.79. The number of rotatable bonds is 7. The number of alkyl halides is 3. The van der Waals surface area contributed by atoms with E-state index in [1.165, 1.54) is 6.92 Å². The van der Waals surface area contributed by atoms with Crippen molar-refractivity contribution < 1.29 is 61.5 Å². The van der Waals surface area contributed by atoms with E-state index in [0.717, 1.165) is 32.3 Å². The first-order chi connectivity index (χ1) is 15.2. The minimum absolute atomic E-state index is 0. The Morgan fingerprint density at radius 3 is 2.38 bits per heavy atom. The van der Waals surface area contributed by atoms with Crippen LogP contribution in [-0.2, 0) is 29.4 Å². The third-order valence-electron chi connectivity index (χ3n) is 5.51. The molecule has 1 aromatic carbocycles. The average Bonchev–Trinajstić information content (AvgIpc) is 3.01. The summed E-state index contributed by atoms with van der Waals surface area (Å²) < 4.78 is 79.5. The number of methoxy groups -OCH3 is 1. The Morgan fingerprint density at radius 1 is 1.32 bits per heavy atom. The second-order valence-corrected chi connectivity index (χ2v) is 7.91. The first-order valence-electron chi connectivity index (χ1n) is 9.32. The van der Waals surface area contributed by atoms with E-state index in [-0.39, 0.29) is 21.2 Å². The van der Waals surface area contributed by atoms with Gasteiger partial charge in [-0.25, -0.2) is 0 Å². The first-order valence-corrected chi connectivity index (χ1v) is 9.82. The van der Waals surface area contributed by atoms with Crippen molar-refractivity contribution in [1.82, 2.24) is 5.32 Å². The summed E-state index contributed by atoms with van der Waals surface area (Å²) in [6, 6.07) is 1.74. The van der Waals surface area contributed by atoms with Crippen molar-refractivity contribution >= 4 is 16.3 Å². The maximum atomic E-state index is 14.3. The number of carbonyl (C=O) groups is 2. The van der Waals surface area contributed by atoms with Crippen LogP contribution in [0.3, 0.4) is 0 Å². The summed E-state index contributed by atoms with van der Waals surface area (Å²) in [5.74, 6) is -8.29. The predicted octanol–water partition coefficient (Wildman–Crippen LogP) is 1.78. The van der Waals surface area contributed by atoms with E-state index in [9.17, 15) is 31.5 Å². The molecule has 2 amide bonds. The molecule has 1 saturated heterocycles. The minimum atomic E-state index is -4.92. The average molecular weight is 536 g/mol. The van der Waals surface area contributed by atoms with E-state index < -0.39 is 58.9 Å². The van der Waals surface area contributed by atoms with E-state index in [1.807, 2.05) is 0 Å². The SMILES string of the molecule is O.[CH-]=C/C(=C\[C](=[Ni])C(N)=O)NC(=O)[C@@H]1O[C@](C)(C(F)(F)F)[C@H](C)[C@@H]1c1ccc(F)c(F)c1OC. The Morgan fingerprint density at radius 2 is 1.91 bits per heavy atom. The van der Waals surface area contributed by atoms with Gasteiger partial charge in [-0.1, -0.05) is 0 Å². The standard InChI is InChI=1S/C21H20F5N2O4.Ni.H2O/c1-5-11(6-9-14(27)29)28-19(30)18-15(10(2)20(3,32-18)21(24,25)26)12-7-8-13(22)16(23)17(12)31-4;;/h1,5-8,10,15,18H,2-4H3,(H2,27,29)(H,28,30);;1H2/q-1;;/b11-6+;;/t10-,15-,18-,20+;;/m1../s1. The second kappa shape index (κ2) is 10.8. The van der Waals surface area contributed by atoms with Crippen molar-refractivity contribution in [2.45, 2.75) is 37.6 Å². The summed E-state index contributed by atoms with van der Waals surface area (Å²) >= 11 is 4.38. The number of allylic oxidation sites excluding steroid dienone is 1. The van der Waals surface area contributed by atoms with Crippen LogP contribution in [0.2, 0.25) is 0 Å². The molecule has 0 spiro atoms. The Kier molecular flexibility index (Phi) is 9.30. The van der Waals surface area contributed by atoms with Crippen molar-refractivity contribution in [3.63, 3.8) is 0 Å². The summed E-state index contributed by atoms with van der Waals surface area (Å²) in [6.07, 6.45) is -4.96. The summed E-state index contributed by atoms with van der Waals surface area (Å²) in [6.45, 7) is 7.32. The molecule has 5 N–H and O–H groups in total. The molecule has 0 bridgehead atoms. The molecule has 0 radical (unpaired) electrons. The number of benzene rings is 1. The van der Waals surface area contributed by atoms with Crippen molar-refractivity contribution in [3.05, 3.63) is 53.8 Å². The molecule has 4 atom stereocenters. The van der Waals surface area contributed by atoms with Crippen molar-refractivity contribution in [2.24, 2.45) is 11.7 Å². The maximum absolute atomic E-state index is 14.3. The third kappa shape index (κ3) is 5.37. The zero-order valence-electron chi connectivity index (χ0n) is 18.0. The summed E-state index contributed by atoms with van der Waals surface area (Å²) in [5, 5.41) is 2.22. The molecule has 13 heteroatoms. The van der Waals surface area contributed by atoms with Crippen molar-refractivity contribution in [1.29, 1.82) is 0 Å². The molecule has 0 aromatic heterocycles. The molecular weight excluding hydrogens is 514 g/mol. The summed E-state index contributed by atoms with van der Waals surface area (Å²) in [4.78, 5) is 24.1. The van der Waals surface area contributed by atoms with Gasteiger partial charge < -0.3 is 5.48 Å². The van der Waals surface area contributed by atoms with Gasteiger partial charge in [-0.05, 0) is 0 Å². The molecule has 1 aromatic rings. The van der Waals surface area contributed by atoms with Crippen LogP contribution in [0, 0.1) is 24.1 Å². The number of nitrogens with two attached hydrogens (primary N) is 1. The zero-order chi connectivity index (χ0) is 25.3. The van der Waals surface area contributed by atoms with Gasteiger partial charge >= 0.3 is 194 Å². The van der Waals surface area contributed by atoms with E-state index in [1.54, 1.807) is 0 Å². The second-order valence-electron chi connectivity index (χ2n) is 7.38. The fraction of sp³-hybridized carbons (Fsp3) is 0.381. The van der Waals surface area contributed by atoms with Gasteiger partial charge in [0.05, 0.1) is 0 Å². The molecule has 1 aliphatic heterocycles. The topological polar surface area (TPSA) is 122 Å². The monoisotopic (exact) mass is 535 g/mol. The van der Waals surface area contributed by atoms with E-state index in [4.69, 9.17) is 21.8 Å². The predicted molar refractivity (Wildman–Crippen MR) is 107 cm³/mol. The number of nitrogens with one attached hydrogen (secondary N) is 1. The molecule has 0 unspecified atom stereocenters. The molecule has 0 aliphatic carbocycles. The van der Waals surface area contributed by atoms with Gasteiger partial charge in [0.2, 0.25) is 0 Å². The fourth-order valence-electron chi connectivity index (χ4n) is 3.58. The van der Waals surface area contributed by atoms with Crippen LogP contribution in [0.15, 0.2) is 30.0 Å².